The van der Waals surface area contributed by atoms with Gasteiger partial charge in [0.25, 0.3) is 0 Å². The molecule has 3 fully saturated rings. The lowest BCUT2D eigenvalue weighted by Gasteiger charge is -2.32. The summed E-state index contributed by atoms with van der Waals surface area (Å²) >= 11 is 0. The van der Waals surface area contributed by atoms with Crippen LogP contribution in [-0.4, -0.2) is 98.5 Å². The number of nitrogens with zero attached hydrogens (tertiary/aromatic N) is 3. The summed E-state index contributed by atoms with van der Waals surface area (Å²) in [7, 11) is 4.37. The number of likely N-dealkylation sites (tertiary alicyclic amines) is 1. The first kappa shape index (κ1) is 20.1. The van der Waals surface area contributed by atoms with Crippen LogP contribution in [0.2, 0.25) is 0 Å². The minimum Gasteiger partial charge on any atom is -0.492 e. The molecule has 0 bridgehead atoms. The highest BCUT2D eigenvalue weighted by molar-refractivity contribution is 5.38. The fourth-order valence-corrected chi connectivity index (χ4v) is 5.31. The van der Waals surface area contributed by atoms with E-state index in [1.165, 1.54) is 5.56 Å². The summed E-state index contributed by atoms with van der Waals surface area (Å²) in [6.07, 6.45) is 0. The number of piperazine rings is 1. The number of rotatable bonds is 6. The van der Waals surface area contributed by atoms with Crippen LogP contribution in [-0.2, 0) is 0 Å². The Morgan fingerprint density at radius 1 is 1.11 bits per heavy atom. The Kier molecular flexibility index (Phi) is 5.95. The fourth-order valence-electron chi connectivity index (χ4n) is 5.31. The van der Waals surface area contributed by atoms with E-state index in [1.807, 2.05) is 0 Å². The standard InChI is InChI=1S/C22H36N4O2/c1-22(16-27)19-15-25(3)14-18(19)21(23-22)17-6-4-5-7-20(17)28-13-12-26-10-8-24(2)9-11-26/h4-7,18-19,21,23,27H,8-16H2,1-3H3/t18-,19+,21-,22+/m1/s1. The maximum atomic E-state index is 10.1. The molecule has 1 aromatic rings. The van der Waals surface area contributed by atoms with Gasteiger partial charge in [-0.15, -0.1) is 0 Å². The van der Waals surface area contributed by atoms with E-state index in [-0.39, 0.29) is 18.2 Å². The van der Waals surface area contributed by atoms with Crippen molar-refractivity contribution in [1.82, 2.24) is 20.0 Å². The summed E-state index contributed by atoms with van der Waals surface area (Å²) in [5.74, 6) is 1.96. The van der Waals surface area contributed by atoms with Crippen molar-refractivity contribution in [2.24, 2.45) is 11.8 Å². The summed E-state index contributed by atoms with van der Waals surface area (Å²) in [5.41, 5.74) is 1.01. The molecule has 0 spiro atoms. The van der Waals surface area contributed by atoms with E-state index < -0.39 is 0 Å². The first-order valence-electron chi connectivity index (χ1n) is 10.7. The molecule has 0 unspecified atom stereocenters. The third kappa shape index (κ3) is 3.94. The Morgan fingerprint density at radius 3 is 2.61 bits per heavy atom. The van der Waals surface area contributed by atoms with E-state index in [0.717, 1.165) is 58.2 Å². The molecule has 2 N–H and O–H groups in total. The van der Waals surface area contributed by atoms with E-state index in [9.17, 15) is 5.11 Å². The van der Waals surface area contributed by atoms with Crippen molar-refractivity contribution < 1.29 is 9.84 Å². The van der Waals surface area contributed by atoms with Crippen molar-refractivity contribution in [3.8, 4) is 5.75 Å². The van der Waals surface area contributed by atoms with Crippen LogP contribution in [0.3, 0.4) is 0 Å². The Labute approximate surface area is 169 Å². The van der Waals surface area contributed by atoms with Gasteiger partial charge in [0.2, 0.25) is 0 Å². The average Bonchev–Trinajstić information content (AvgIpc) is 3.21. The van der Waals surface area contributed by atoms with Crippen LogP contribution in [0.5, 0.6) is 5.75 Å². The molecule has 4 atom stereocenters. The van der Waals surface area contributed by atoms with Crippen molar-refractivity contribution in [3.63, 3.8) is 0 Å². The van der Waals surface area contributed by atoms with Gasteiger partial charge in [0.15, 0.2) is 0 Å². The zero-order chi connectivity index (χ0) is 19.7. The number of para-hydroxylation sites is 1. The molecule has 3 aliphatic rings. The second kappa shape index (κ2) is 8.28. The normalized spacial score (nSPS) is 34.6. The molecule has 0 saturated carbocycles. The topological polar surface area (TPSA) is 51.2 Å². The predicted molar refractivity (Wildman–Crippen MR) is 112 cm³/mol. The molecule has 6 heteroatoms. The highest BCUT2D eigenvalue weighted by Crippen LogP contribution is 2.48. The van der Waals surface area contributed by atoms with E-state index in [1.54, 1.807) is 0 Å². The largest absolute Gasteiger partial charge is 0.492 e. The maximum absolute atomic E-state index is 10.1. The first-order valence-corrected chi connectivity index (χ1v) is 10.7. The second-order valence-corrected chi connectivity index (χ2v) is 9.22. The van der Waals surface area contributed by atoms with Crippen molar-refractivity contribution in [2.45, 2.75) is 18.5 Å². The van der Waals surface area contributed by atoms with Crippen LogP contribution >= 0.6 is 0 Å². The van der Waals surface area contributed by atoms with Crippen molar-refractivity contribution in [3.05, 3.63) is 29.8 Å². The van der Waals surface area contributed by atoms with Gasteiger partial charge in [0.1, 0.15) is 12.4 Å². The quantitative estimate of drug-likeness (QED) is 0.755. The molecule has 6 nitrogen and oxygen atoms in total. The zero-order valence-electron chi connectivity index (χ0n) is 17.6. The van der Waals surface area contributed by atoms with Gasteiger partial charge in [-0.2, -0.15) is 0 Å². The van der Waals surface area contributed by atoms with Gasteiger partial charge in [0.05, 0.1) is 6.61 Å². The van der Waals surface area contributed by atoms with Crippen molar-refractivity contribution >= 4 is 0 Å². The zero-order valence-corrected chi connectivity index (χ0v) is 17.6. The maximum Gasteiger partial charge on any atom is 0.124 e. The van der Waals surface area contributed by atoms with Crippen LogP contribution in [0.25, 0.3) is 0 Å². The molecule has 1 aromatic carbocycles. The summed E-state index contributed by atoms with van der Waals surface area (Å²) in [6, 6.07) is 8.69. The number of hydrogen-bond donors (Lipinski definition) is 2. The van der Waals surface area contributed by atoms with Crippen LogP contribution in [0.4, 0.5) is 0 Å². The Hall–Kier alpha value is -1.18. The molecule has 28 heavy (non-hydrogen) atoms. The lowest BCUT2D eigenvalue weighted by atomic mass is 9.81. The molecular weight excluding hydrogens is 352 g/mol. The van der Waals surface area contributed by atoms with Crippen LogP contribution in [0.1, 0.15) is 18.5 Å². The van der Waals surface area contributed by atoms with Crippen LogP contribution in [0, 0.1) is 11.8 Å². The minimum absolute atomic E-state index is 0.172. The van der Waals surface area contributed by atoms with Gasteiger partial charge in [0, 0.05) is 63.0 Å². The van der Waals surface area contributed by atoms with E-state index >= 15 is 0 Å². The van der Waals surface area contributed by atoms with Gasteiger partial charge in [-0.25, -0.2) is 0 Å². The summed E-state index contributed by atoms with van der Waals surface area (Å²) < 4.78 is 6.28. The number of nitrogens with one attached hydrogen (secondary N) is 1. The third-order valence-corrected chi connectivity index (χ3v) is 7.12. The van der Waals surface area contributed by atoms with Gasteiger partial charge in [-0.1, -0.05) is 18.2 Å². The van der Waals surface area contributed by atoms with Gasteiger partial charge < -0.3 is 25.0 Å². The average molecular weight is 389 g/mol. The minimum atomic E-state index is -0.229. The molecular formula is C22H36N4O2. The number of ether oxygens (including phenoxy) is 1. The van der Waals surface area contributed by atoms with Gasteiger partial charge in [-0.05, 0) is 38.9 Å². The number of likely N-dealkylation sites (N-methyl/N-ethyl adjacent to an activating group) is 1. The number of benzene rings is 1. The molecule has 0 aromatic heterocycles. The highest BCUT2D eigenvalue weighted by Gasteiger charge is 2.54. The Morgan fingerprint density at radius 2 is 1.86 bits per heavy atom. The van der Waals surface area contributed by atoms with Crippen LogP contribution < -0.4 is 10.1 Å². The molecule has 0 aliphatic carbocycles. The highest BCUT2D eigenvalue weighted by atomic mass is 16.5. The number of aliphatic hydroxyl groups is 1. The van der Waals surface area contributed by atoms with Crippen molar-refractivity contribution in [1.29, 1.82) is 0 Å². The summed E-state index contributed by atoms with van der Waals surface area (Å²) in [4.78, 5) is 7.26. The predicted octanol–water partition coefficient (Wildman–Crippen LogP) is 0.886. The molecule has 4 rings (SSSR count). The second-order valence-electron chi connectivity index (χ2n) is 9.22. The Bertz CT molecular complexity index is 664. The van der Waals surface area contributed by atoms with E-state index in [0.29, 0.717) is 11.8 Å². The SMILES string of the molecule is CN1CCN(CCOc2ccccc2[C@H]2N[C@@](C)(CO)[C@H]3CN(C)C[C@@H]23)CC1. The smallest absolute Gasteiger partial charge is 0.124 e. The number of aliphatic hydroxyl groups excluding tert-OH is 1. The molecule has 0 amide bonds. The van der Waals surface area contributed by atoms with E-state index in [2.05, 4.69) is 65.3 Å². The monoisotopic (exact) mass is 388 g/mol. The van der Waals surface area contributed by atoms with Gasteiger partial charge >= 0.3 is 0 Å². The summed E-state index contributed by atoms with van der Waals surface area (Å²) in [6.45, 7) is 10.7. The van der Waals surface area contributed by atoms with E-state index in [4.69, 9.17) is 4.74 Å². The first-order chi connectivity index (χ1) is 13.5. The fraction of sp³-hybridized carbons (Fsp3) is 0.727. The molecule has 156 valence electrons. The summed E-state index contributed by atoms with van der Waals surface area (Å²) in [5, 5.41) is 13.8. The number of hydrogen-bond acceptors (Lipinski definition) is 6. The molecule has 3 saturated heterocycles. The molecule has 3 heterocycles. The lowest BCUT2D eigenvalue weighted by molar-refractivity contribution is 0.133. The lowest BCUT2D eigenvalue weighted by Crippen LogP contribution is -2.47. The van der Waals surface area contributed by atoms with Crippen LogP contribution in [0.15, 0.2) is 24.3 Å². The molecule has 0 radical (unpaired) electrons. The molecule has 3 aliphatic heterocycles. The van der Waals surface area contributed by atoms with Crippen molar-refractivity contribution in [2.75, 3.05) is 73.1 Å². The Balaban J connectivity index is 1.44. The third-order valence-electron chi connectivity index (χ3n) is 7.12. The van der Waals surface area contributed by atoms with Gasteiger partial charge in [-0.3, -0.25) is 4.90 Å². The number of fused-ring (bicyclic) bond motifs is 1.